The zero-order chi connectivity index (χ0) is 14.3. The SMILES string of the molecule is CCCCN(CCCC)S(=O)(=O)c1csc(CN)c1. The second-order valence-corrected chi connectivity index (χ2v) is 7.50. The van der Waals surface area contributed by atoms with Crippen LogP contribution in [0.5, 0.6) is 0 Å². The molecule has 1 aromatic heterocycles. The molecule has 0 unspecified atom stereocenters. The predicted octanol–water partition coefficient (Wildman–Crippen LogP) is 2.80. The molecule has 0 aliphatic carbocycles. The predicted molar refractivity (Wildman–Crippen MR) is 80.8 cm³/mol. The highest BCUT2D eigenvalue weighted by atomic mass is 32.2. The molecule has 0 aromatic carbocycles. The van der Waals surface area contributed by atoms with E-state index in [0.29, 0.717) is 24.5 Å². The Morgan fingerprint density at radius 2 is 1.79 bits per heavy atom. The maximum atomic E-state index is 12.6. The van der Waals surface area contributed by atoms with Gasteiger partial charge in [0.25, 0.3) is 0 Å². The normalized spacial score (nSPS) is 12.2. The van der Waals surface area contributed by atoms with Crippen LogP contribution in [0.2, 0.25) is 0 Å². The van der Waals surface area contributed by atoms with Gasteiger partial charge in [0.15, 0.2) is 0 Å². The molecule has 110 valence electrons. The molecule has 0 atom stereocenters. The van der Waals surface area contributed by atoms with Crippen molar-refractivity contribution < 1.29 is 8.42 Å². The summed E-state index contributed by atoms with van der Waals surface area (Å²) in [5, 5.41) is 1.70. The third-order valence-corrected chi connectivity index (χ3v) is 5.98. The highest BCUT2D eigenvalue weighted by Crippen LogP contribution is 2.23. The molecule has 0 fully saturated rings. The summed E-state index contributed by atoms with van der Waals surface area (Å²) < 4.78 is 26.7. The second-order valence-electron chi connectivity index (χ2n) is 4.56. The Kier molecular flexibility index (Phi) is 6.99. The molecule has 2 N–H and O–H groups in total. The Labute approximate surface area is 120 Å². The fraction of sp³-hybridized carbons (Fsp3) is 0.692. The number of nitrogens with two attached hydrogens (primary N) is 1. The van der Waals surface area contributed by atoms with Crippen molar-refractivity contribution in [1.82, 2.24) is 4.31 Å². The molecule has 0 saturated carbocycles. The lowest BCUT2D eigenvalue weighted by Gasteiger charge is -2.21. The number of rotatable bonds is 9. The average Bonchev–Trinajstić information content (AvgIpc) is 2.88. The molecule has 0 bridgehead atoms. The number of hydrogen-bond donors (Lipinski definition) is 1. The van der Waals surface area contributed by atoms with Gasteiger partial charge in [-0.3, -0.25) is 0 Å². The molecule has 0 aliphatic heterocycles. The van der Waals surface area contributed by atoms with Crippen molar-refractivity contribution in [3.8, 4) is 0 Å². The van der Waals surface area contributed by atoms with Crippen LogP contribution in [0.3, 0.4) is 0 Å². The van der Waals surface area contributed by atoms with Crippen LogP contribution in [0.1, 0.15) is 44.4 Å². The minimum absolute atomic E-state index is 0.393. The summed E-state index contributed by atoms with van der Waals surface area (Å²) in [5.74, 6) is 0. The Bertz CT molecular complexity index is 461. The Balaban J connectivity index is 2.90. The first kappa shape index (κ1) is 16.6. The monoisotopic (exact) mass is 304 g/mol. The minimum Gasteiger partial charge on any atom is -0.326 e. The molecule has 0 saturated heterocycles. The summed E-state index contributed by atoms with van der Waals surface area (Å²) in [6.07, 6.45) is 3.79. The molecule has 4 nitrogen and oxygen atoms in total. The van der Waals surface area contributed by atoms with Crippen molar-refractivity contribution in [2.75, 3.05) is 13.1 Å². The van der Waals surface area contributed by atoms with E-state index in [1.807, 2.05) is 0 Å². The number of nitrogens with zero attached hydrogens (tertiary/aromatic N) is 1. The first-order valence-electron chi connectivity index (χ1n) is 6.83. The maximum Gasteiger partial charge on any atom is 0.243 e. The molecule has 19 heavy (non-hydrogen) atoms. The Morgan fingerprint density at radius 3 is 2.21 bits per heavy atom. The Morgan fingerprint density at radius 1 is 1.21 bits per heavy atom. The third kappa shape index (κ3) is 4.56. The van der Waals surface area contributed by atoms with Gasteiger partial charge in [-0.1, -0.05) is 26.7 Å². The van der Waals surface area contributed by atoms with Crippen molar-refractivity contribution >= 4 is 21.4 Å². The fourth-order valence-corrected chi connectivity index (χ4v) is 4.43. The van der Waals surface area contributed by atoms with Crippen LogP contribution in [-0.4, -0.2) is 25.8 Å². The fourth-order valence-electron chi connectivity index (χ4n) is 1.77. The highest BCUT2D eigenvalue weighted by molar-refractivity contribution is 7.89. The largest absolute Gasteiger partial charge is 0.326 e. The number of unbranched alkanes of at least 4 members (excludes halogenated alkanes) is 2. The molecular weight excluding hydrogens is 280 g/mol. The summed E-state index contributed by atoms with van der Waals surface area (Å²) in [6, 6.07) is 1.70. The van der Waals surface area contributed by atoms with Gasteiger partial charge < -0.3 is 5.73 Å². The topological polar surface area (TPSA) is 63.4 Å². The lowest BCUT2D eigenvalue weighted by atomic mass is 10.3. The van der Waals surface area contributed by atoms with E-state index >= 15 is 0 Å². The number of thiophene rings is 1. The molecule has 0 radical (unpaired) electrons. The quantitative estimate of drug-likeness (QED) is 0.763. The molecule has 0 aliphatic rings. The van der Waals surface area contributed by atoms with Crippen LogP contribution < -0.4 is 5.73 Å². The summed E-state index contributed by atoms with van der Waals surface area (Å²) in [7, 11) is -3.35. The second kappa shape index (κ2) is 7.99. The molecule has 6 heteroatoms. The van der Waals surface area contributed by atoms with E-state index in [4.69, 9.17) is 5.73 Å². The van der Waals surface area contributed by atoms with E-state index in [0.717, 1.165) is 30.6 Å². The van der Waals surface area contributed by atoms with Gasteiger partial charge in [-0.15, -0.1) is 11.3 Å². The van der Waals surface area contributed by atoms with Gasteiger partial charge in [-0.2, -0.15) is 4.31 Å². The first-order chi connectivity index (χ1) is 9.06. The van der Waals surface area contributed by atoms with E-state index in [1.54, 1.807) is 15.8 Å². The summed E-state index contributed by atoms with van der Waals surface area (Å²) in [4.78, 5) is 1.30. The van der Waals surface area contributed by atoms with Crippen molar-refractivity contribution in [2.24, 2.45) is 5.73 Å². The third-order valence-electron chi connectivity index (χ3n) is 2.99. The lowest BCUT2D eigenvalue weighted by Crippen LogP contribution is -2.32. The molecule has 0 amide bonds. The average molecular weight is 304 g/mol. The maximum absolute atomic E-state index is 12.6. The summed E-state index contributed by atoms with van der Waals surface area (Å²) in [6.45, 7) is 5.74. The van der Waals surface area contributed by atoms with E-state index in [-0.39, 0.29) is 0 Å². The molecular formula is C13H24N2O2S2. The smallest absolute Gasteiger partial charge is 0.243 e. The van der Waals surface area contributed by atoms with Crippen LogP contribution in [0.15, 0.2) is 16.3 Å². The van der Waals surface area contributed by atoms with Gasteiger partial charge in [-0.05, 0) is 18.9 Å². The Hall–Kier alpha value is -0.430. The molecule has 1 heterocycles. The van der Waals surface area contributed by atoms with Crippen molar-refractivity contribution in [2.45, 2.75) is 51.0 Å². The van der Waals surface area contributed by atoms with Crippen LogP contribution in [-0.2, 0) is 16.6 Å². The van der Waals surface area contributed by atoms with E-state index < -0.39 is 10.0 Å². The number of hydrogen-bond acceptors (Lipinski definition) is 4. The standard InChI is InChI=1S/C13H24N2O2S2/c1-3-5-7-15(8-6-4-2)19(16,17)13-9-12(10-14)18-11-13/h9,11H,3-8,10,14H2,1-2H3. The van der Waals surface area contributed by atoms with Crippen LogP contribution in [0, 0.1) is 0 Å². The van der Waals surface area contributed by atoms with E-state index in [1.165, 1.54) is 11.3 Å². The van der Waals surface area contributed by atoms with Gasteiger partial charge in [-0.25, -0.2) is 8.42 Å². The van der Waals surface area contributed by atoms with Gasteiger partial charge in [0.1, 0.15) is 0 Å². The van der Waals surface area contributed by atoms with Gasteiger partial charge in [0, 0.05) is 29.9 Å². The first-order valence-corrected chi connectivity index (χ1v) is 9.15. The van der Waals surface area contributed by atoms with Crippen LogP contribution in [0.4, 0.5) is 0 Å². The zero-order valence-electron chi connectivity index (χ0n) is 11.8. The number of sulfonamides is 1. The lowest BCUT2D eigenvalue weighted by molar-refractivity contribution is 0.395. The van der Waals surface area contributed by atoms with E-state index in [2.05, 4.69) is 13.8 Å². The van der Waals surface area contributed by atoms with E-state index in [9.17, 15) is 8.42 Å². The minimum atomic E-state index is -3.35. The van der Waals surface area contributed by atoms with Crippen LogP contribution in [0.25, 0.3) is 0 Å². The molecule has 0 spiro atoms. The molecule has 1 rings (SSSR count). The summed E-state index contributed by atoms with van der Waals surface area (Å²) in [5.41, 5.74) is 5.54. The molecule has 1 aromatic rings. The van der Waals surface area contributed by atoms with Crippen molar-refractivity contribution in [3.05, 3.63) is 16.3 Å². The zero-order valence-corrected chi connectivity index (χ0v) is 13.4. The summed E-state index contributed by atoms with van der Waals surface area (Å²) >= 11 is 1.41. The van der Waals surface area contributed by atoms with Crippen molar-refractivity contribution in [1.29, 1.82) is 0 Å². The van der Waals surface area contributed by atoms with Gasteiger partial charge >= 0.3 is 0 Å². The highest BCUT2D eigenvalue weighted by Gasteiger charge is 2.24. The van der Waals surface area contributed by atoms with Crippen molar-refractivity contribution in [3.63, 3.8) is 0 Å². The van der Waals surface area contributed by atoms with Crippen LogP contribution >= 0.6 is 11.3 Å². The van der Waals surface area contributed by atoms with Gasteiger partial charge in [0.05, 0.1) is 4.90 Å². The van der Waals surface area contributed by atoms with Gasteiger partial charge in [0.2, 0.25) is 10.0 Å².